The summed E-state index contributed by atoms with van der Waals surface area (Å²) in [5, 5.41) is 0. The molecule has 0 bridgehead atoms. The van der Waals surface area contributed by atoms with Gasteiger partial charge in [0.15, 0.2) is 9.84 Å². The molecule has 2 aliphatic rings. The first kappa shape index (κ1) is 18.4. The monoisotopic (exact) mass is 381 g/mol. The SMILES string of the molecule is CS(=O)(=O)c1ccc(S(=O)(=O)N2CCC(C3C=CCC=C3)CC2)cc1. The highest BCUT2D eigenvalue weighted by molar-refractivity contribution is 7.90. The lowest BCUT2D eigenvalue weighted by Crippen LogP contribution is -2.39. The van der Waals surface area contributed by atoms with Crippen LogP contribution >= 0.6 is 0 Å². The first-order valence-electron chi connectivity index (χ1n) is 8.42. The Kier molecular flexibility index (Phi) is 5.18. The molecule has 0 N–H and O–H groups in total. The predicted octanol–water partition coefficient (Wildman–Crippen LogP) is 2.62. The molecule has 0 atom stereocenters. The van der Waals surface area contributed by atoms with E-state index in [9.17, 15) is 16.8 Å². The first-order chi connectivity index (χ1) is 11.8. The molecule has 1 aliphatic heterocycles. The van der Waals surface area contributed by atoms with Gasteiger partial charge in [0.05, 0.1) is 9.79 Å². The molecule has 1 fully saturated rings. The second-order valence-electron chi connectivity index (χ2n) is 6.65. The number of nitrogens with zero attached hydrogens (tertiary/aromatic N) is 1. The van der Waals surface area contributed by atoms with Crippen molar-refractivity contribution in [3.05, 3.63) is 48.6 Å². The Morgan fingerprint density at radius 2 is 1.40 bits per heavy atom. The average Bonchev–Trinajstić information content (AvgIpc) is 2.62. The lowest BCUT2D eigenvalue weighted by atomic mass is 9.83. The molecule has 1 saturated heterocycles. The van der Waals surface area contributed by atoms with Crippen molar-refractivity contribution in [1.82, 2.24) is 4.31 Å². The summed E-state index contributed by atoms with van der Waals surface area (Å²) in [6.07, 6.45) is 12.5. The topological polar surface area (TPSA) is 71.5 Å². The fraction of sp³-hybridized carbons (Fsp3) is 0.444. The number of piperidine rings is 1. The number of sulfonamides is 1. The zero-order valence-electron chi connectivity index (χ0n) is 14.2. The van der Waals surface area contributed by atoms with Crippen LogP contribution in [0.5, 0.6) is 0 Å². The van der Waals surface area contributed by atoms with E-state index in [1.54, 1.807) is 0 Å². The summed E-state index contributed by atoms with van der Waals surface area (Å²) < 4.78 is 50.1. The quantitative estimate of drug-likeness (QED) is 0.752. The highest BCUT2D eigenvalue weighted by atomic mass is 32.2. The number of benzene rings is 1. The second-order valence-corrected chi connectivity index (χ2v) is 10.6. The van der Waals surface area contributed by atoms with Gasteiger partial charge in [-0.3, -0.25) is 0 Å². The van der Waals surface area contributed by atoms with Crippen LogP contribution in [0.2, 0.25) is 0 Å². The molecule has 1 aromatic carbocycles. The van der Waals surface area contributed by atoms with Crippen LogP contribution in [0, 0.1) is 11.8 Å². The third kappa shape index (κ3) is 4.04. The minimum atomic E-state index is -3.58. The maximum Gasteiger partial charge on any atom is 0.243 e. The van der Waals surface area contributed by atoms with Crippen LogP contribution in [-0.4, -0.2) is 40.5 Å². The van der Waals surface area contributed by atoms with Crippen LogP contribution in [0.1, 0.15) is 19.3 Å². The normalized spacial score (nSPS) is 20.8. The zero-order valence-corrected chi connectivity index (χ0v) is 15.8. The molecule has 5 nitrogen and oxygen atoms in total. The van der Waals surface area contributed by atoms with E-state index < -0.39 is 19.9 Å². The van der Waals surface area contributed by atoms with Gasteiger partial charge in [0.1, 0.15) is 0 Å². The minimum Gasteiger partial charge on any atom is -0.224 e. The Balaban J connectivity index is 1.70. The fourth-order valence-electron chi connectivity index (χ4n) is 3.44. The highest BCUT2D eigenvalue weighted by Crippen LogP contribution is 2.31. The molecule has 136 valence electrons. The van der Waals surface area contributed by atoms with Gasteiger partial charge in [-0.25, -0.2) is 16.8 Å². The van der Waals surface area contributed by atoms with Crippen molar-refractivity contribution in [2.75, 3.05) is 19.3 Å². The molecule has 0 radical (unpaired) electrons. The van der Waals surface area contributed by atoms with Crippen molar-refractivity contribution in [3.8, 4) is 0 Å². The third-order valence-electron chi connectivity index (χ3n) is 4.92. The van der Waals surface area contributed by atoms with Gasteiger partial charge < -0.3 is 0 Å². The van der Waals surface area contributed by atoms with Gasteiger partial charge in [0.25, 0.3) is 0 Å². The van der Waals surface area contributed by atoms with Gasteiger partial charge in [-0.05, 0) is 55.4 Å². The number of hydrogen-bond donors (Lipinski definition) is 0. The molecular formula is C18H23NO4S2. The number of hydrogen-bond acceptors (Lipinski definition) is 4. The molecule has 25 heavy (non-hydrogen) atoms. The van der Waals surface area contributed by atoms with Crippen molar-refractivity contribution < 1.29 is 16.8 Å². The standard InChI is InChI=1S/C18H23NO4S2/c1-24(20,21)17-7-9-18(10-8-17)25(22,23)19-13-11-16(12-14-19)15-5-3-2-4-6-15/h3-10,15-16H,2,11-14H2,1H3. The molecule has 1 aromatic rings. The van der Waals surface area contributed by atoms with E-state index in [1.807, 2.05) is 0 Å². The Labute approximate surface area is 150 Å². The predicted molar refractivity (Wildman–Crippen MR) is 97.4 cm³/mol. The van der Waals surface area contributed by atoms with Crippen molar-refractivity contribution in [2.45, 2.75) is 29.1 Å². The van der Waals surface area contributed by atoms with Crippen LogP contribution in [0.3, 0.4) is 0 Å². The number of allylic oxidation sites excluding steroid dienone is 4. The summed E-state index contributed by atoms with van der Waals surface area (Å²) in [5.74, 6) is 0.888. The van der Waals surface area contributed by atoms with Crippen molar-refractivity contribution in [3.63, 3.8) is 0 Å². The van der Waals surface area contributed by atoms with Gasteiger partial charge in [-0.2, -0.15) is 4.31 Å². The Morgan fingerprint density at radius 1 is 0.880 bits per heavy atom. The lowest BCUT2D eigenvalue weighted by molar-refractivity contribution is 0.250. The molecule has 0 spiro atoms. The Hall–Kier alpha value is -1.44. The summed E-state index contributed by atoms with van der Waals surface area (Å²) in [5.41, 5.74) is 0. The maximum absolute atomic E-state index is 12.8. The molecule has 0 aromatic heterocycles. The Morgan fingerprint density at radius 3 is 1.92 bits per heavy atom. The van der Waals surface area contributed by atoms with Gasteiger partial charge >= 0.3 is 0 Å². The summed E-state index contributed by atoms with van der Waals surface area (Å²) in [6, 6.07) is 5.47. The molecule has 0 saturated carbocycles. The largest absolute Gasteiger partial charge is 0.243 e. The van der Waals surface area contributed by atoms with Crippen LogP contribution in [0.15, 0.2) is 58.4 Å². The van der Waals surface area contributed by atoms with E-state index in [2.05, 4.69) is 24.3 Å². The molecule has 3 rings (SSSR count). The lowest BCUT2D eigenvalue weighted by Gasteiger charge is -2.34. The van der Waals surface area contributed by atoms with Crippen molar-refractivity contribution >= 4 is 19.9 Å². The molecule has 0 amide bonds. The molecule has 1 heterocycles. The second kappa shape index (κ2) is 7.05. The molecule has 7 heteroatoms. The fourth-order valence-corrected chi connectivity index (χ4v) is 5.54. The van der Waals surface area contributed by atoms with Crippen LogP contribution in [0.25, 0.3) is 0 Å². The number of rotatable bonds is 4. The van der Waals surface area contributed by atoms with Crippen molar-refractivity contribution in [1.29, 1.82) is 0 Å². The van der Waals surface area contributed by atoms with Gasteiger partial charge in [-0.15, -0.1) is 0 Å². The summed E-state index contributed by atoms with van der Waals surface area (Å²) in [7, 11) is -6.91. The van der Waals surface area contributed by atoms with E-state index in [1.165, 1.54) is 28.6 Å². The maximum atomic E-state index is 12.8. The van der Waals surface area contributed by atoms with Crippen LogP contribution < -0.4 is 0 Å². The van der Waals surface area contributed by atoms with Gasteiger partial charge in [0.2, 0.25) is 10.0 Å². The number of sulfone groups is 1. The van der Waals surface area contributed by atoms with Crippen molar-refractivity contribution in [2.24, 2.45) is 11.8 Å². The Bertz CT molecular complexity index is 864. The summed E-state index contributed by atoms with van der Waals surface area (Å²) in [4.78, 5) is 0.275. The van der Waals surface area contributed by atoms with Gasteiger partial charge in [0, 0.05) is 19.3 Å². The average molecular weight is 382 g/mol. The molecule has 1 aliphatic carbocycles. The minimum absolute atomic E-state index is 0.126. The highest BCUT2D eigenvalue weighted by Gasteiger charge is 2.31. The first-order valence-corrected chi connectivity index (χ1v) is 11.8. The van der Waals surface area contributed by atoms with E-state index in [-0.39, 0.29) is 9.79 Å². The summed E-state index contributed by atoms with van der Waals surface area (Å²) in [6.45, 7) is 0.998. The van der Waals surface area contributed by atoms with Crippen LogP contribution in [-0.2, 0) is 19.9 Å². The van der Waals surface area contributed by atoms with E-state index in [4.69, 9.17) is 0 Å². The van der Waals surface area contributed by atoms with E-state index in [0.717, 1.165) is 25.5 Å². The smallest absolute Gasteiger partial charge is 0.224 e. The van der Waals surface area contributed by atoms with E-state index in [0.29, 0.717) is 24.9 Å². The van der Waals surface area contributed by atoms with E-state index >= 15 is 0 Å². The summed E-state index contributed by atoms with van der Waals surface area (Å²) >= 11 is 0. The molecular weight excluding hydrogens is 358 g/mol. The zero-order chi connectivity index (χ0) is 18.1. The van der Waals surface area contributed by atoms with Gasteiger partial charge in [-0.1, -0.05) is 24.3 Å². The van der Waals surface area contributed by atoms with Crippen LogP contribution in [0.4, 0.5) is 0 Å². The third-order valence-corrected chi connectivity index (χ3v) is 7.96. The molecule has 0 unspecified atom stereocenters.